The number of thiazole rings is 1. The lowest BCUT2D eigenvalue weighted by Gasteiger charge is -2.53. The molecule has 1 aromatic carbocycles. The topological polar surface area (TPSA) is 96.2 Å². The highest BCUT2D eigenvalue weighted by Crippen LogP contribution is 2.57. The van der Waals surface area contributed by atoms with Crippen molar-refractivity contribution in [2.75, 3.05) is 45.7 Å². The van der Waals surface area contributed by atoms with Crippen LogP contribution in [0.3, 0.4) is 0 Å². The number of benzene rings is 1. The summed E-state index contributed by atoms with van der Waals surface area (Å²) in [7, 11) is 3.77. The average molecular weight is 542 g/mol. The molecule has 5 rings (SSSR count). The van der Waals surface area contributed by atoms with Crippen molar-refractivity contribution < 1.29 is 24.3 Å². The van der Waals surface area contributed by atoms with E-state index in [1.807, 2.05) is 11.8 Å². The molecule has 0 unspecified atom stereocenters. The first-order valence-electron chi connectivity index (χ1n) is 13.8. The Balaban J connectivity index is 1.31. The molecule has 0 spiro atoms. The molecule has 0 bridgehead atoms. The van der Waals surface area contributed by atoms with E-state index in [9.17, 15) is 14.7 Å². The maximum Gasteiger partial charge on any atom is 0.257 e. The lowest BCUT2D eigenvalue weighted by Crippen LogP contribution is -3.12. The second-order valence-corrected chi connectivity index (χ2v) is 13.0. The molecule has 2 aromatic rings. The normalized spacial score (nSPS) is 30.2. The molecule has 1 aromatic heterocycles. The van der Waals surface area contributed by atoms with Gasteiger partial charge in [0.05, 0.1) is 52.1 Å². The molecule has 1 aliphatic heterocycles. The van der Waals surface area contributed by atoms with Gasteiger partial charge in [-0.05, 0) is 60.8 Å². The van der Waals surface area contributed by atoms with Crippen molar-refractivity contribution in [3.63, 3.8) is 0 Å². The van der Waals surface area contributed by atoms with Gasteiger partial charge >= 0.3 is 0 Å². The van der Waals surface area contributed by atoms with Gasteiger partial charge in [-0.1, -0.05) is 20.8 Å². The summed E-state index contributed by atoms with van der Waals surface area (Å²) in [4.78, 5) is 35.7. The molecule has 38 heavy (non-hydrogen) atoms. The van der Waals surface area contributed by atoms with Crippen LogP contribution in [0.5, 0.6) is 5.75 Å². The lowest BCUT2D eigenvalue weighted by atomic mass is 9.53. The van der Waals surface area contributed by atoms with Gasteiger partial charge in [0.15, 0.2) is 5.13 Å². The van der Waals surface area contributed by atoms with E-state index in [1.165, 1.54) is 9.78 Å². The first kappa shape index (κ1) is 27.1. The van der Waals surface area contributed by atoms with Crippen molar-refractivity contribution in [3.8, 4) is 5.75 Å². The highest BCUT2D eigenvalue weighted by molar-refractivity contribution is 7.15. The van der Waals surface area contributed by atoms with Crippen LogP contribution in [0.4, 0.5) is 5.13 Å². The summed E-state index contributed by atoms with van der Waals surface area (Å²) in [6, 6.07) is 7.01. The summed E-state index contributed by atoms with van der Waals surface area (Å²) < 4.78 is 5.18. The van der Waals surface area contributed by atoms with Crippen LogP contribution >= 0.6 is 11.3 Å². The number of amides is 2. The van der Waals surface area contributed by atoms with Crippen molar-refractivity contribution in [2.24, 2.45) is 23.2 Å². The van der Waals surface area contributed by atoms with Crippen molar-refractivity contribution in [1.29, 1.82) is 0 Å². The summed E-state index contributed by atoms with van der Waals surface area (Å²) in [5, 5.41) is 15.3. The van der Waals surface area contributed by atoms with E-state index in [0.717, 1.165) is 51.1 Å². The van der Waals surface area contributed by atoms with E-state index in [1.54, 1.807) is 42.7 Å². The molecule has 8 nitrogen and oxygen atoms in total. The number of aromatic nitrogens is 1. The highest BCUT2D eigenvalue weighted by Gasteiger charge is 2.54. The van der Waals surface area contributed by atoms with Crippen LogP contribution in [0.25, 0.3) is 0 Å². The van der Waals surface area contributed by atoms with Crippen LogP contribution in [0.2, 0.25) is 0 Å². The van der Waals surface area contributed by atoms with Gasteiger partial charge in [-0.2, -0.15) is 0 Å². The second-order valence-electron chi connectivity index (χ2n) is 11.9. The predicted octanol–water partition coefficient (Wildman–Crippen LogP) is 2.45. The molecule has 1 saturated heterocycles. The van der Waals surface area contributed by atoms with Gasteiger partial charge in [0.25, 0.3) is 5.91 Å². The smallest absolute Gasteiger partial charge is 0.257 e. The number of nitrogens with one attached hydrogen (secondary N) is 2. The number of aliphatic hydroxyl groups is 1. The second kappa shape index (κ2) is 10.6. The highest BCUT2D eigenvalue weighted by atomic mass is 32.1. The van der Waals surface area contributed by atoms with Crippen molar-refractivity contribution >= 4 is 28.3 Å². The Morgan fingerprint density at radius 3 is 2.61 bits per heavy atom. The summed E-state index contributed by atoms with van der Waals surface area (Å²) in [6.07, 6.45) is 2.09. The van der Waals surface area contributed by atoms with Crippen molar-refractivity contribution in [3.05, 3.63) is 40.4 Å². The molecule has 0 radical (unpaired) electrons. The SMILES string of the molecule is COc1ccc(C(=O)Nc2nc3c(s2)C[C@@]2(C)CC[C@H]([C@H](C)C(=O)N4CC[NH+](C)CC4)[C@H](O)[C@H]2[C@@H]3C)cc1. The minimum atomic E-state index is -0.562. The number of hydrogen-bond acceptors (Lipinski definition) is 6. The maximum atomic E-state index is 13.4. The Bertz CT molecular complexity index is 1180. The fourth-order valence-corrected chi connectivity index (χ4v) is 8.35. The van der Waals surface area contributed by atoms with Gasteiger partial charge in [0.2, 0.25) is 5.91 Å². The molecule has 2 heterocycles. The first-order chi connectivity index (χ1) is 18.1. The Hall–Kier alpha value is -2.49. The predicted molar refractivity (Wildman–Crippen MR) is 148 cm³/mol. The largest absolute Gasteiger partial charge is 0.497 e. The molecule has 1 saturated carbocycles. The number of hydrogen-bond donors (Lipinski definition) is 3. The van der Waals surface area contributed by atoms with Crippen LogP contribution in [0.1, 0.15) is 60.5 Å². The fourth-order valence-electron chi connectivity index (χ4n) is 7.09. The number of fused-ring (bicyclic) bond motifs is 2. The Kier molecular flexibility index (Phi) is 7.55. The van der Waals surface area contributed by atoms with Crippen LogP contribution in [0, 0.1) is 23.2 Å². The Labute approximate surface area is 229 Å². The Morgan fingerprint density at radius 2 is 1.95 bits per heavy atom. The number of rotatable bonds is 5. The molecule has 9 heteroatoms. The minimum absolute atomic E-state index is 0.0215. The van der Waals surface area contributed by atoms with Gasteiger partial charge in [0.1, 0.15) is 5.75 Å². The molecule has 3 N–H and O–H groups in total. The number of ether oxygens (including phenoxy) is 1. The number of nitrogens with zero attached hydrogens (tertiary/aromatic N) is 2. The zero-order valence-electron chi connectivity index (χ0n) is 23.1. The maximum absolute atomic E-state index is 13.4. The van der Waals surface area contributed by atoms with E-state index in [-0.39, 0.29) is 40.9 Å². The van der Waals surface area contributed by atoms with Crippen LogP contribution < -0.4 is 15.0 Å². The molecule has 3 aliphatic rings. The van der Waals surface area contributed by atoms with E-state index < -0.39 is 6.10 Å². The quantitative estimate of drug-likeness (QED) is 0.541. The number of aliphatic hydroxyl groups excluding tert-OH is 1. The number of carbonyl (C=O) groups excluding carboxylic acids is 2. The van der Waals surface area contributed by atoms with Crippen molar-refractivity contribution in [1.82, 2.24) is 9.88 Å². The third-order valence-electron chi connectivity index (χ3n) is 9.46. The minimum Gasteiger partial charge on any atom is -0.497 e. The third-order valence-corrected chi connectivity index (χ3v) is 10.4. The van der Waals surface area contributed by atoms with Crippen LogP contribution in [0.15, 0.2) is 24.3 Å². The van der Waals surface area contributed by atoms with Crippen LogP contribution in [-0.4, -0.2) is 73.2 Å². The fraction of sp³-hybridized carbons (Fsp3) is 0.621. The van der Waals surface area contributed by atoms with E-state index in [0.29, 0.717) is 16.4 Å². The third kappa shape index (κ3) is 4.96. The zero-order valence-corrected chi connectivity index (χ0v) is 23.9. The summed E-state index contributed by atoms with van der Waals surface area (Å²) >= 11 is 1.54. The molecular weight excluding hydrogens is 500 g/mol. The van der Waals surface area contributed by atoms with Gasteiger partial charge in [-0.3, -0.25) is 14.9 Å². The van der Waals surface area contributed by atoms with E-state index >= 15 is 0 Å². The van der Waals surface area contributed by atoms with Crippen LogP contribution in [-0.2, 0) is 11.2 Å². The summed E-state index contributed by atoms with van der Waals surface area (Å²) in [5.41, 5.74) is 1.46. The molecule has 2 fully saturated rings. The molecule has 206 valence electrons. The van der Waals surface area contributed by atoms with E-state index in [4.69, 9.17) is 9.72 Å². The van der Waals surface area contributed by atoms with Gasteiger partial charge in [0, 0.05) is 22.3 Å². The number of piperazine rings is 1. The molecule has 6 atom stereocenters. The first-order valence-corrected chi connectivity index (χ1v) is 14.7. The lowest BCUT2D eigenvalue weighted by molar-refractivity contribution is -0.883. The van der Waals surface area contributed by atoms with Gasteiger partial charge < -0.3 is 19.6 Å². The summed E-state index contributed by atoms with van der Waals surface area (Å²) in [6.45, 7) is 9.99. The number of quaternary nitrogens is 1. The van der Waals surface area contributed by atoms with Gasteiger partial charge in [-0.15, -0.1) is 11.3 Å². The molecule has 2 aliphatic carbocycles. The Morgan fingerprint density at radius 1 is 1.26 bits per heavy atom. The zero-order chi connectivity index (χ0) is 27.2. The van der Waals surface area contributed by atoms with Gasteiger partial charge in [-0.25, -0.2) is 4.98 Å². The number of anilines is 1. The van der Waals surface area contributed by atoms with E-state index in [2.05, 4.69) is 26.2 Å². The average Bonchev–Trinajstić information content (AvgIpc) is 3.30. The molecule has 2 amide bonds. The number of carbonyl (C=O) groups is 2. The summed E-state index contributed by atoms with van der Waals surface area (Å²) in [5.74, 6) is 0.501. The van der Waals surface area contributed by atoms with Crippen molar-refractivity contribution in [2.45, 2.75) is 52.1 Å². The standard InChI is InChI=1S/C29H40N4O4S/c1-17(27(36)33-14-12-32(4)13-15-33)21-10-11-29(3)16-22-24(18(2)23(29)25(21)34)30-28(38-22)31-26(35)19-6-8-20(37-5)9-7-19/h6-9,17-18,21,23,25,34H,10-16H2,1-5H3,(H,30,31,35)/p+1/t17-,18-,21+,23+,25-,29+/m0/s1. The number of methoxy groups -OCH3 is 1. The number of likely N-dealkylation sites (N-methyl/N-ethyl adjacent to an activating group) is 1. The molecular formula is C29H41N4O4S+. The monoisotopic (exact) mass is 541 g/mol.